The first-order valence-electron chi connectivity index (χ1n) is 6.77. The largest absolute Gasteiger partial charge is 0.496 e. The SMILES string of the molecule is CNC1CCN(C(=O)c2ccccc2OC)CC1C. The first-order chi connectivity index (χ1) is 9.17. The van der Waals surface area contributed by atoms with E-state index in [1.54, 1.807) is 7.11 Å². The molecule has 0 aromatic heterocycles. The molecule has 4 nitrogen and oxygen atoms in total. The predicted molar refractivity (Wildman–Crippen MR) is 75.5 cm³/mol. The number of nitrogens with zero attached hydrogens (tertiary/aromatic N) is 1. The second kappa shape index (κ2) is 6.06. The molecule has 1 aliphatic heterocycles. The van der Waals surface area contributed by atoms with Gasteiger partial charge in [0.1, 0.15) is 5.75 Å². The van der Waals surface area contributed by atoms with Gasteiger partial charge in [-0.15, -0.1) is 0 Å². The van der Waals surface area contributed by atoms with E-state index in [0.29, 0.717) is 23.3 Å². The van der Waals surface area contributed by atoms with E-state index in [0.717, 1.165) is 19.5 Å². The van der Waals surface area contributed by atoms with Crippen LogP contribution in [0.1, 0.15) is 23.7 Å². The molecule has 0 spiro atoms. The summed E-state index contributed by atoms with van der Waals surface area (Å²) in [5, 5.41) is 3.31. The number of carbonyl (C=O) groups excluding carboxylic acids is 1. The number of hydrogen-bond donors (Lipinski definition) is 1. The van der Waals surface area contributed by atoms with Gasteiger partial charge in [0.05, 0.1) is 12.7 Å². The van der Waals surface area contributed by atoms with Gasteiger partial charge in [-0.3, -0.25) is 4.79 Å². The van der Waals surface area contributed by atoms with Crippen LogP contribution in [0.15, 0.2) is 24.3 Å². The minimum Gasteiger partial charge on any atom is -0.496 e. The highest BCUT2D eigenvalue weighted by Gasteiger charge is 2.29. The van der Waals surface area contributed by atoms with Crippen LogP contribution in [0.3, 0.4) is 0 Å². The summed E-state index contributed by atoms with van der Waals surface area (Å²) < 4.78 is 5.27. The lowest BCUT2D eigenvalue weighted by atomic mass is 9.93. The van der Waals surface area contributed by atoms with Crippen LogP contribution in [0, 0.1) is 5.92 Å². The topological polar surface area (TPSA) is 41.6 Å². The molecule has 1 amide bonds. The maximum Gasteiger partial charge on any atom is 0.257 e. The van der Waals surface area contributed by atoms with Crippen molar-refractivity contribution in [1.29, 1.82) is 0 Å². The van der Waals surface area contributed by atoms with Gasteiger partial charge in [0.2, 0.25) is 0 Å². The molecule has 1 aliphatic rings. The first-order valence-corrected chi connectivity index (χ1v) is 6.77. The summed E-state index contributed by atoms with van der Waals surface area (Å²) in [6.45, 7) is 3.78. The average molecular weight is 262 g/mol. The maximum absolute atomic E-state index is 12.5. The number of para-hydroxylation sites is 1. The number of likely N-dealkylation sites (tertiary alicyclic amines) is 1. The fourth-order valence-corrected chi connectivity index (χ4v) is 2.75. The summed E-state index contributed by atoms with van der Waals surface area (Å²) >= 11 is 0. The Morgan fingerprint density at radius 2 is 2.16 bits per heavy atom. The van der Waals surface area contributed by atoms with E-state index < -0.39 is 0 Å². The van der Waals surface area contributed by atoms with Crippen LogP contribution in [0.4, 0.5) is 0 Å². The summed E-state index contributed by atoms with van der Waals surface area (Å²) in [6.07, 6.45) is 0.999. The van der Waals surface area contributed by atoms with E-state index in [1.807, 2.05) is 36.2 Å². The zero-order valence-electron chi connectivity index (χ0n) is 11.8. The van der Waals surface area contributed by atoms with Gasteiger partial charge in [-0.1, -0.05) is 19.1 Å². The standard InChI is InChI=1S/C15H22N2O2/c1-11-10-17(9-8-13(11)16-2)15(18)12-6-4-5-7-14(12)19-3/h4-7,11,13,16H,8-10H2,1-3H3. The lowest BCUT2D eigenvalue weighted by Crippen LogP contribution is -2.49. The molecule has 1 N–H and O–H groups in total. The van der Waals surface area contributed by atoms with E-state index in [1.165, 1.54) is 0 Å². The quantitative estimate of drug-likeness (QED) is 0.902. The Bertz CT molecular complexity index is 448. The molecule has 2 unspecified atom stereocenters. The minimum atomic E-state index is 0.0684. The zero-order chi connectivity index (χ0) is 13.8. The summed E-state index contributed by atoms with van der Waals surface area (Å²) in [5.41, 5.74) is 0.653. The lowest BCUT2D eigenvalue weighted by Gasteiger charge is -2.37. The van der Waals surface area contributed by atoms with E-state index >= 15 is 0 Å². The summed E-state index contributed by atoms with van der Waals surface area (Å²) in [7, 11) is 3.58. The van der Waals surface area contributed by atoms with Crippen LogP contribution < -0.4 is 10.1 Å². The number of hydrogen-bond acceptors (Lipinski definition) is 3. The third-order valence-corrected chi connectivity index (χ3v) is 3.90. The molecule has 2 rings (SSSR count). The Balaban J connectivity index is 2.12. The second-order valence-electron chi connectivity index (χ2n) is 5.11. The van der Waals surface area contributed by atoms with Crippen LogP contribution in [0.5, 0.6) is 5.75 Å². The zero-order valence-corrected chi connectivity index (χ0v) is 11.8. The molecule has 4 heteroatoms. The highest BCUT2D eigenvalue weighted by Crippen LogP contribution is 2.23. The number of rotatable bonds is 3. The Morgan fingerprint density at radius 3 is 2.79 bits per heavy atom. The van der Waals surface area contributed by atoms with Gasteiger partial charge in [0.25, 0.3) is 5.91 Å². The van der Waals surface area contributed by atoms with Crippen molar-refractivity contribution in [2.75, 3.05) is 27.2 Å². The summed E-state index contributed by atoms with van der Waals surface area (Å²) in [6, 6.07) is 7.92. The number of ether oxygens (including phenoxy) is 1. The van der Waals surface area contributed by atoms with Gasteiger partial charge in [-0.25, -0.2) is 0 Å². The molecule has 19 heavy (non-hydrogen) atoms. The smallest absolute Gasteiger partial charge is 0.257 e. The molecule has 2 atom stereocenters. The number of benzene rings is 1. The number of piperidine rings is 1. The molecule has 0 saturated carbocycles. The highest BCUT2D eigenvalue weighted by molar-refractivity contribution is 5.97. The van der Waals surface area contributed by atoms with Crippen LogP contribution >= 0.6 is 0 Å². The van der Waals surface area contributed by atoms with Crippen LogP contribution in [0.2, 0.25) is 0 Å². The Morgan fingerprint density at radius 1 is 1.42 bits per heavy atom. The fourth-order valence-electron chi connectivity index (χ4n) is 2.75. The molecule has 1 saturated heterocycles. The first kappa shape index (κ1) is 13.9. The minimum absolute atomic E-state index is 0.0684. The number of methoxy groups -OCH3 is 1. The molecule has 1 aromatic carbocycles. The van der Waals surface area contributed by atoms with Gasteiger partial charge in [-0.2, -0.15) is 0 Å². The van der Waals surface area contributed by atoms with Crippen molar-refractivity contribution in [3.8, 4) is 5.75 Å². The van der Waals surface area contributed by atoms with Crippen molar-refractivity contribution < 1.29 is 9.53 Å². The van der Waals surface area contributed by atoms with Crippen molar-refractivity contribution in [2.24, 2.45) is 5.92 Å². The third-order valence-electron chi connectivity index (χ3n) is 3.90. The van der Waals surface area contributed by atoms with Gasteiger partial charge >= 0.3 is 0 Å². The van der Waals surface area contributed by atoms with E-state index in [2.05, 4.69) is 12.2 Å². The van der Waals surface area contributed by atoms with Gasteiger partial charge in [-0.05, 0) is 31.5 Å². The normalized spacial score (nSPS) is 23.2. The Labute approximate surface area is 114 Å². The summed E-state index contributed by atoms with van der Waals surface area (Å²) in [4.78, 5) is 14.5. The van der Waals surface area contributed by atoms with Gasteiger partial charge < -0.3 is 15.0 Å². The molecule has 0 bridgehead atoms. The van der Waals surface area contributed by atoms with Crippen molar-refractivity contribution in [3.63, 3.8) is 0 Å². The van der Waals surface area contributed by atoms with Crippen LogP contribution in [0.25, 0.3) is 0 Å². The molecule has 1 fully saturated rings. The van der Waals surface area contributed by atoms with Gasteiger partial charge in [0, 0.05) is 19.1 Å². The second-order valence-corrected chi connectivity index (χ2v) is 5.11. The lowest BCUT2D eigenvalue weighted by molar-refractivity contribution is 0.0646. The third kappa shape index (κ3) is 2.89. The van der Waals surface area contributed by atoms with Gasteiger partial charge in [0.15, 0.2) is 0 Å². The monoisotopic (exact) mass is 262 g/mol. The van der Waals surface area contributed by atoms with E-state index in [-0.39, 0.29) is 5.91 Å². The van der Waals surface area contributed by atoms with E-state index in [9.17, 15) is 4.79 Å². The maximum atomic E-state index is 12.5. The molecule has 104 valence electrons. The number of carbonyl (C=O) groups is 1. The van der Waals surface area contributed by atoms with Crippen molar-refractivity contribution in [3.05, 3.63) is 29.8 Å². The number of amides is 1. The molecule has 1 heterocycles. The van der Waals surface area contributed by atoms with Crippen molar-refractivity contribution >= 4 is 5.91 Å². The Kier molecular flexibility index (Phi) is 4.43. The number of nitrogens with one attached hydrogen (secondary N) is 1. The molecule has 0 radical (unpaired) electrons. The molecular weight excluding hydrogens is 240 g/mol. The van der Waals surface area contributed by atoms with Crippen molar-refractivity contribution in [1.82, 2.24) is 10.2 Å². The fraction of sp³-hybridized carbons (Fsp3) is 0.533. The predicted octanol–water partition coefficient (Wildman–Crippen LogP) is 1.77. The highest BCUT2D eigenvalue weighted by atomic mass is 16.5. The van der Waals surface area contributed by atoms with Crippen molar-refractivity contribution in [2.45, 2.75) is 19.4 Å². The van der Waals surface area contributed by atoms with Crippen LogP contribution in [-0.4, -0.2) is 44.1 Å². The summed E-state index contributed by atoms with van der Waals surface area (Å²) in [5.74, 6) is 1.19. The molecule has 1 aromatic rings. The molecule has 0 aliphatic carbocycles. The Hall–Kier alpha value is -1.55. The average Bonchev–Trinajstić information content (AvgIpc) is 2.46. The van der Waals surface area contributed by atoms with Crippen LogP contribution in [-0.2, 0) is 0 Å². The van der Waals surface area contributed by atoms with E-state index in [4.69, 9.17) is 4.74 Å². The molecular formula is C15H22N2O2.